The number of fused-ring (bicyclic) bond motifs is 2. The number of carboxylic acid groups (broad SMARTS) is 1. The predicted octanol–water partition coefficient (Wildman–Crippen LogP) is 5.96. The van der Waals surface area contributed by atoms with Crippen LogP contribution in [0, 0.1) is 0 Å². The first-order valence-corrected chi connectivity index (χ1v) is 11.9. The van der Waals surface area contributed by atoms with Gasteiger partial charge < -0.3 is 14.3 Å². The Hall–Kier alpha value is -3.95. The molecule has 8 nitrogen and oxygen atoms in total. The fourth-order valence-corrected chi connectivity index (χ4v) is 4.24. The number of furan rings is 1. The Kier molecular flexibility index (Phi) is 6.34. The minimum atomic E-state index is -1.07. The van der Waals surface area contributed by atoms with Crippen LogP contribution in [0.1, 0.15) is 12.5 Å². The number of halogens is 2. The Morgan fingerprint density at radius 1 is 1.19 bits per heavy atom. The van der Waals surface area contributed by atoms with Gasteiger partial charge in [0.25, 0.3) is 5.56 Å². The van der Waals surface area contributed by atoms with Crippen LogP contribution < -0.4 is 10.3 Å². The van der Waals surface area contributed by atoms with Gasteiger partial charge >= 0.3 is 5.97 Å². The molecule has 5 aromatic rings. The molecule has 3 aromatic carbocycles. The van der Waals surface area contributed by atoms with Crippen LogP contribution in [0.25, 0.3) is 33.5 Å². The molecule has 0 aliphatic heterocycles. The first-order valence-electron chi connectivity index (χ1n) is 10.7. The molecule has 0 saturated heterocycles. The van der Waals surface area contributed by atoms with Crippen molar-refractivity contribution in [2.24, 2.45) is 5.10 Å². The number of aromatic nitrogens is 2. The van der Waals surface area contributed by atoms with Crippen LogP contribution in [0.5, 0.6) is 5.75 Å². The highest BCUT2D eigenvalue weighted by Gasteiger charge is 2.17. The molecule has 1 atom stereocenters. The summed E-state index contributed by atoms with van der Waals surface area (Å²) in [7, 11) is 0. The molecule has 0 saturated carbocycles. The van der Waals surface area contributed by atoms with Gasteiger partial charge in [-0.2, -0.15) is 9.78 Å². The van der Waals surface area contributed by atoms with Crippen LogP contribution >= 0.6 is 27.5 Å². The summed E-state index contributed by atoms with van der Waals surface area (Å²) in [6, 6.07) is 19.0. The Balaban J connectivity index is 1.59. The molecule has 0 aliphatic carbocycles. The number of rotatable bonds is 6. The molecule has 36 heavy (non-hydrogen) atoms. The number of nitrogens with zero attached hydrogens (tertiary/aromatic N) is 3. The minimum absolute atomic E-state index is 0.233. The molecule has 0 spiro atoms. The zero-order chi connectivity index (χ0) is 25.4. The maximum Gasteiger partial charge on any atom is 0.344 e. The largest absolute Gasteiger partial charge is 0.479 e. The van der Waals surface area contributed by atoms with Gasteiger partial charge in [0.2, 0.25) is 5.82 Å². The van der Waals surface area contributed by atoms with Gasteiger partial charge in [-0.1, -0.05) is 23.7 Å². The Bertz CT molecular complexity index is 1730. The van der Waals surface area contributed by atoms with E-state index in [0.717, 1.165) is 5.39 Å². The van der Waals surface area contributed by atoms with E-state index in [9.17, 15) is 9.59 Å². The number of hydrogen-bond acceptors (Lipinski definition) is 6. The van der Waals surface area contributed by atoms with Gasteiger partial charge in [-0.05, 0) is 83.0 Å². The van der Waals surface area contributed by atoms with E-state index in [4.69, 9.17) is 25.9 Å². The van der Waals surface area contributed by atoms with Crippen LogP contribution in [0.2, 0.25) is 5.02 Å². The normalized spacial score (nSPS) is 12.4. The van der Waals surface area contributed by atoms with E-state index in [1.807, 2.05) is 0 Å². The zero-order valence-electron chi connectivity index (χ0n) is 18.7. The third-order valence-electron chi connectivity index (χ3n) is 5.38. The summed E-state index contributed by atoms with van der Waals surface area (Å²) in [4.78, 5) is 29.1. The van der Waals surface area contributed by atoms with Gasteiger partial charge in [0.05, 0.1) is 21.6 Å². The fraction of sp³-hybridized carbons (Fsp3) is 0.0769. The smallest absolute Gasteiger partial charge is 0.344 e. The van der Waals surface area contributed by atoms with Crippen molar-refractivity contribution >= 4 is 61.6 Å². The molecule has 0 amide bonds. The van der Waals surface area contributed by atoms with E-state index in [1.165, 1.54) is 17.8 Å². The summed E-state index contributed by atoms with van der Waals surface area (Å²) in [5.74, 6) is -0.110. The van der Waals surface area contributed by atoms with E-state index in [0.29, 0.717) is 43.1 Å². The highest BCUT2D eigenvalue weighted by molar-refractivity contribution is 9.10. The van der Waals surface area contributed by atoms with Crippen molar-refractivity contribution in [1.29, 1.82) is 0 Å². The molecule has 0 unspecified atom stereocenters. The second-order valence-corrected chi connectivity index (χ2v) is 9.19. The summed E-state index contributed by atoms with van der Waals surface area (Å²) in [5.41, 5.74) is 1.39. The molecule has 0 aliphatic rings. The summed E-state index contributed by atoms with van der Waals surface area (Å²) in [6.45, 7) is 1.44. The second kappa shape index (κ2) is 9.60. The van der Waals surface area contributed by atoms with Crippen LogP contribution in [-0.2, 0) is 4.79 Å². The van der Waals surface area contributed by atoms with Gasteiger partial charge in [-0.25, -0.2) is 9.78 Å². The lowest BCUT2D eigenvalue weighted by Crippen LogP contribution is -2.23. The van der Waals surface area contributed by atoms with Crippen LogP contribution in [0.15, 0.2) is 85.5 Å². The van der Waals surface area contributed by atoms with Crippen molar-refractivity contribution in [3.8, 4) is 17.3 Å². The number of ether oxygens (including phenoxy) is 1. The number of carbonyl (C=O) groups is 1. The first kappa shape index (κ1) is 23.8. The van der Waals surface area contributed by atoms with Crippen molar-refractivity contribution in [3.05, 3.63) is 92.1 Å². The number of aliphatic carboxylic acids is 1. The van der Waals surface area contributed by atoms with Crippen molar-refractivity contribution in [1.82, 2.24) is 9.66 Å². The second-order valence-electron chi connectivity index (χ2n) is 7.90. The Morgan fingerprint density at radius 2 is 2.00 bits per heavy atom. The number of hydrogen-bond donors (Lipinski definition) is 1. The molecule has 5 rings (SSSR count). The van der Waals surface area contributed by atoms with E-state index >= 15 is 0 Å². The standard InChI is InChI=1S/C26H17BrClN3O5/c1-14(26(33)34)35-22-8-6-15(10-19(22)27)13-29-31-24(30-20-5-3-2-4-18(20)25(31)32)23-12-16-11-17(28)7-9-21(16)36-23/h2-14H,1H3,(H,33,34)/t14-/m1/s1. The highest BCUT2D eigenvalue weighted by atomic mass is 79.9. The minimum Gasteiger partial charge on any atom is -0.479 e. The molecule has 180 valence electrons. The van der Waals surface area contributed by atoms with E-state index in [-0.39, 0.29) is 11.4 Å². The molecular weight excluding hydrogens is 550 g/mol. The summed E-state index contributed by atoms with van der Waals surface area (Å²) < 4.78 is 13.1. The third-order valence-corrected chi connectivity index (χ3v) is 6.24. The van der Waals surface area contributed by atoms with Gasteiger partial charge in [0.1, 0.15) is 11.3 Å². The lowest BCUT2D eigenvalue weighted by molar-refractivity contribution is -0.144. The topological polar surface area (TPSA) is 107 Å². The zero-order valence-corrected chi connectivity index (χ0v) is 21.0. The number of carboxylic acids is 1. The predicted molar refractivity (Wildman–Crippen MR) is 141 cm³/mol. The summed E-state index contributed by atoms with van der Waals surface area (Å²) in [6.07, 6.45) is 0.486. The Morgan fingerprint density at radius 3 is 2.78 bits per heavy atom. The average Bonchev–Trinajstić information content (AvgIpc) is 3.28. The maximum absolute atomic E-state index is 13.4. The SMILES string of the molecule is C[C@@H](Oc1ccc(C=Nn2c(-c3cc4cc(Cl)ccc4o3)nc3ccccc3c2=O)cc1Br)C(=O)O. The number of benzene rings is 3. The van der Waals surface area contributed by atoms with Gasteiger partial charge in [-0.15, -0.1) is 0 Å². The van der Waals surface area contributed by atoms with Crippen molar-refractivity contribution in [2.45, 2.75) is 13.0 Å². The van der Waals surface area contributed by atoms with Crippen molar-refractivity contribution in [3.63, 3.8) is 0 Å². The fourth-order valence-electron chi connectivity index (χ4n) is 3.57. The summed E-state index contributed by atoms with van der Waals surface area (Å²) >= 11 is 9.50. The van der Waals surface area contributed by atoms with Crippen molar-refractivity contribution in [2.75, 3.05) is 0 Å². The molecule has 0 bridgehead atoms. The lowest BCUT2D eigenvalue weighted by atomic mass is 10.2. The van der Waals surface area contributed by atoms with Gasteiger partial charge in [0.15, 0.2) is 11.9 Å². The molecule has 10 heteroatoms. The van der Waals surface area contributed by atoms with Crippen LogP contribution in [-0.4, -0.2) is 33.1 Å². The number of para-hydroxylation sites is 1. The highest BCUT2D eigenvalue weighted by Crippen LogP contribution is 2.29. The van der Waals surface area contributed by atoms with Gasteiger partial charge in [-0.3, -0.25) is 4.79 Å². The molecule has 2 aromatic heterocycles. The van der Waals surface area contributed by atoms with Crippen molar-refractivity contribution < 1.29 is 19.1 Å². The van der Waals surface area contributed by atoms with Crippen LogP contribution in [0.4, 0.5) is 0 Å². The van der Waals surface area contributed by atoms with E-state index in [2.05, 4.69) is 26.0 Å². The average molecular weight is 567 g/mol. The third kappa shape index (κ3) is 4.62. The molecule has 0 radical (unpaired) electrons. The van der Waals surface area contributed by atoms with Gasteiger partial charge in [0, 0.05) is 10.4 Å². The molecular formula is C26H17BrClN3O5. The monoisotopic (exact) mass is 565 g/mol. The quantitative estimate of drug-likeness (QED) is 0.254. The van der Waals surface area contributed by atoms with Crippen LogP contribution in [0.3, 0.4) is 0 Å². The maximum atomic E-state index is 13.4. The molecule has 2 heterocycles. The first-order chi connectivity index (χ1) is 17.3. The van der Waals surface area contributed by atoms with E-state index in [1.54, 1.807) is 66.7 Å². The Labute approximate surface area is 217 Å². The van der Waals surface area contributed by atoms with E-state index < -0.39 is 12.1 Å². The summed E-state index contributed by atoms with van der Waals surface area (Å²) in [5, 5.41) is 15.2. The molecule has 0 fully saturated rings. The lowest BCUT2D eigenvalue weighted by Gasteiger charge is -2.12. The molecule has 1 N–H and O–H groups in total.